The van der Waals surface area contributed by atoms with E-state index in [1.165, 1.54) is 12.1 Å². The Morgan fingerprint density at radius 1 is 1.16 bits per heavy atom. The lowest BCUT2D eigenvalue weighted by Crippen LogP contribution is -2.46. The highest BCUT2D eigenvalue weighted by Gasteiger charge is 2.66. The average molecular weight is 629 g/mol. The van der Waals surface area contributed by atoms with Crippen LogP contribution in [0.15, 0.2) is 72.9 Å². The van der Waals surface area contributed by atoms with Crippen molar-refractivity contribution < 1.29 is 29.2 Å². The van der Waals surface area contributed by atoms with Crippen LogP contribution in [0, 0.1) is 16.0 Å². The van der Waals surface area contributed by atoms with Crippen LogP contribution in [0.5, 0.6) is 0 Å². The van der Waals surface area contributed by atoms with E-state index in [0.717, 1.165) is 22.0 Å². The molecule has 2 aliphatic heterocycles. The second kappa shape index (κ2) is 11.5. The maximum Gasteiger partial charge on any atom is 0.269 e. The number of nitrogens with zero attached hydrogens (tertiary/aromatic N) is 2. The molecule has 3 heterocycles. The van der Waals surface area contributed by atoms with Crippen LogP contribution in [0.2, 0.25) is 18.6 Å². The number of carbonyl (C=O) groups excluding carboxylic acids is 2. The molecule has 2 amide bonds. The molecule has 45 heavy (non-hydrogen) atoms. The van der Waals surface area contributed by atoms with Crippen LogP contribution >= 0.6 is 0 Å². The number of para-hydroxylation sites is 1. The fraction of sp³-hybridized carbons (Fsp3) is 0.333. The number of nitro groups is 1. The van der Waals surface area contributed by atoms with Gasteiger partial charge < -0.3 is 29.8 Å². The lowest BCUT2D eigenvalue weighted by molar-refractivity contribution is -0.385. The topological polar surface area (TPSA) is 158 Å². The van der Waals surface area contributed by atoms with Gasteiger partial charge in [-0.25, -0.2) is 0 Å². The van der Waals surface area contributed by atoms with Crippen LogP contribution in [0.25, 0.3) is 10.9 Å². The molecule has 2 aliphatic rings. The molecule has 4 N–H and O–H groups in total. The largest absolute Gasteiger partial charge is 0.432 e. The molecule has 1 aromatic heterocycles. The summed E-state index contributed by atoms with van der Waals surface area (Å²) in [6, 6.07) is 19.4. The molecule has 0 saturated carbocycles. The fourth-order valence-electron chi connectivity index (χ4n) is 7.27. The summed E-state index contributed by atoms with van der Waals surface area (Å²) in [7, 11) is -2.90. The number of benzene rings is 3. The molecular weight excluding hydrogens is 592 g/mol. The quantitative estimate of drug-likeness (QED) is 0.116. The van der Waals surface area contributed by atoms with Gasteiger partial charge in [0.05, 0.1) is 29.7 Å². The van der Waals surface area contributed by atoms with E-state index in [9.17, 15) is 29.6 Å². The highest BCUT2D eigenvalue weighted by atomic mass is 28.4. The number of fused-ring (bicyclic) bond motifs is 3. The van der Waals surface area contributed by atoms with Gasteiger partial charge in [0.1, 0.15) is 0 Å². The molecule has 3 aromatic carbocycles. The fourth-order valence-corrected chi connectivity index (χ4v) is 9.87. The smallest absolute Gasteiger partial charge is 0.269 e. The van der Waals surface area contributed by atoms with Crippen LogP contribution in [0.4, 0.5) is 17.1 Å². The minimum Gasteiger partial charge on any atom is -0.432 e. The van der Waals surface area contributed by atoms with Crippen LogP contribution in [-0.2, 0) is 32.9 Å². The van der Waals surface area contributed by atoms with Crippen molar-refractivity contribution >= 4 is 48.1 Å². The van der Waals surface area contributed by atoms with Gasteiger partial charge in [-0.15, -0.1) is 0 Å². The number of aromatic amines is 1. The normalized spacial score (nSPS) is 22.7. The number of H-pyrrole nitrogens is 1. The summed E-state index contributed by atoms with van der Waals surface area (Å²) in [5.74, 6) is -1.01. The van der Waals surface area contributed by atoms with E-state index >= 15 is 0 Å². The zero-order chi connectivity index (χ0) is 32.1. The highest BCUT2D eigenvalue weighted by Crippen LogP contribution is 2.60. The zero-order valence-electron chi connectivity index (χ0n) is 25.3. The zero-order valence-corrected chi connectivity index (χ0v) is 26.3. The molecule has 0 bridgehead atoms. The van der Waals surface area contributed by atoms with Gasteiger partial charge in [-0.3, -0.25) is 19.7 Å². The van der Waals surface area contributed by atoms with Gasteiger partial charge in [0.25, 0.3) is 11.6 Å². The number of non-ortho nitro benzene ring substituents is 1. The van der Waals surface area contributed by atoms with Crippen LogP contribution in [-0.4, -0.2) is 52.7 Å². The lowest BCUT2D eigenvalue weighted by Gasteiger charge is -2.32. The molecule has 4 aromatic rings. The molecule has 4 atom stereocenters. The van der Waals surface area contributed by atoms with Crippen molar-refractivity contribution in [3.05, 3.63) is 99.7 Å². The number of aromatic nitrogens is 1. The Balaban J connectivity index is 1.25. The van der Waals surface area contributed by atoms with Gasteiger partial charge in [0, 0.05) is 58.5 Å². The minimum atomic E-state index is -2.90. The minimum absolute atomic E-state index is 0.158. The third-order valence-corrected chi connectivity index (χ3v) is 11.7. The lowest BCUT2D eigenvalue weighted by atomic mass is 9.82. The number of carbonyl (C=O) groups is 2. The van der Waals surface area contributed by atoms with E-state index in [1.54, 1.807) is 36.2 Å². The predicted octanol–water partition coefficient (Wildman–Crippen LogP) is 4.98. The second-order valence-electron chi connectivity index (χ2n) is 12.5. The molecule has 11 nitrogen and oxygen atoms in total. The van der Waals surface area contributed by atoms with Crippen LogP contribution < -0.4 is 10.2 Å². The Hall–Kier alpha value is -4.36. The van der Waals surface area contributed by atoms with Gasteiger partial charge >= 0.3 is 0 Å². The maximum atomic E-state index is 14.4. The Morgan fingerprint density at radius 2 is 1.89 bits per heavy atom. The number of nitrogens with one attached hydrogen (secondary N) is 2. The van der Waals surface area contributed by atoms with Crippen molar-refractivity contribution in [3.63, 3.8) is 0 Å². The number of nitro benzene ring substituents is 1. The second-order valence-corrected chi connectivity index (χ2v) is 16.5. The molecule has 1 saturated heterocycles. The van der Waals surface area contributed by atoms with Gasteiger partial charge in [0.2, 0.25) is 5.91 Å². The number of hydrogen-bond donors (Lipinski definition) is 4. The predicted molar refractivity (Wildman–Crippen MR) is 172 cm³/mol. The summed E-state index contributed by atoms with van der Waals surface area (Å²) < 4.78 is 6.53. The Morgan fingerprint density at radius 3 is 2.58 bits per heavy atom. The number of hydrogen-bond acceptors (Lipinski definition) is 7. The summed E-state index contributed by atoms with van der Waals surface area (Å²) in [4.78, 5) is 54.5. The number of aliphatic hydroxyl groups excluding tert-OH is 1. The molecule has 234 valence electrons. The summed E-state index contributed by atoms with van der Waals surface area (Å²) in [5, 5.41) is 25.5. The third-order valence-electron chi connectivity index (χ3n) is 9.20. The first kappa shape index (κ1) is 30.7. The molecule has 6 rings (SSSR count). The van der Waals surface area contributed by atoms with E-state index in [-0.39, 0.29) is 49.0 Å². The Bertz CT molecular complexity index is 1780. The maximum absolute atomic E-state index is 14.4. The van der Waals surface area contributed by atoms with E-state index < -0.39 is 30.9 Å². The van der Waals surface area contributed by atoms with Gasteiger partial charge in [0.15, 0.2) is 13.9 Å². The molecule has 1 fully saturated rings. The van der Waals surface area contributed by atoms with Crippen molar-refractivity contribution in [1.29, 1.82) is 0 Å². The number of aliphatic hydroxyl groups is 1. The van der Waals surface area contributed by atoms with Crippen LogP contribution in [0.3, 0.4) is 0 Å². The number of rotatable bonds is 9. The third kappa shape index (κ3) is 5.33. The SMILES string of the molecule is C[C@@H]1[C@@H]([Si](C)(C)O)[C@H](CCO)O[C@@]12C(=O)N(Cc1ccc(NC(=O)Cc3c[nH]c4ccccc34)cc1)c1ccc([N+](=O)[O-])cc12. The van der Waals surface area contributed by atoms with Crippen molar-refractivity contribution in [3.8, 4) is 0 Å². The molecule has 0 unspecified atom stereocenters. The molecule has 1 spiro atoms. The molecule has 12 heteroatoms. The summed E-state index contributed by atoms with van der Waals surface area (Å²) in [5.41, 5.74) is 2.11. The van der Waals surface area contributed by atoms with E-state index in [1.807, 2.05) is 49.5 Å². The van der Waals surface area contributed by atoms with Gasteiger partial charge in [-0.1, -0.05) is 37.3 Å². The molecular formula is C33H36N4O7Si. The Kier molecular flexibility index (Phi) is 7.85. The standard InChI is InChI=1S/C33H36N4O7Si/c1-20-31(45(2,3)43)29(14-15-38)44-33(20)26-17-24(37(41)42)12-13-28(26)36(32(33)40)19-21-8-10-23(11-9-21)35-30(39)16-22-18-34-27-7-5-4-6-25(22)27/h4-13,17-18,20,29,31,34,38,43H,14-16,19H2,1-3H3,(H,35,39)/t20-,29+,31-,33+/m1/s1. The molecule has 0 radical (unpaired) electrons. The van der Waals surface area contributed by atoms with Crippen LogP contribution in [0.1, 0.15) is 30.0 Å². The average Bonchev–Trinajstić information content (AvgIpc) is 3.61. The van der Waals surface area contributed by atoms with Crippen molar-refractivity contribution in [2.24, 2.45) is 5.92 Å². The van der Waals surface area contributed by atoms with Gasteiger partial charge in [-0.05, 0) is 54.9 Å². The molecule has 0 aliphatic carbocycles. The first-order valence-corrected chi connectivity index (χ1v) is 18.0. The first-order chi connectivity index (χ1) is 21.4. The van der Waals surface area contributed by atoms with Crippen molar-refractivity contribution in [1.82, 2.24) is 4.98 Å². The van der Waals surface area contributed by atoms with Crippen molar-refractivity contribution in [2.45, 2.75) is 56.7 Å². The Labute approximate surface area is 261 Å². The number of ether oxygens (including phenoxy) is 1. The van der Waals surface area contributed by atoms with Crippen molar-refractivity contribution in [2.75, 3.05) is 16.8 Å². The summed E-state index contributed by atoms with van der Waals surface area (Å²) in [6.45, 7) is 5.41. The van der Waals surface area contributed by atoms with E-state index in [2.05, 4.69) is 10.3 Å². The number of amides is 2. The van der Waals surface area contributed by atoms with E-state index in [4.69, 9.17) is 4.74 Å². The number of anilines is 2. The van der Waals surface area contributed by atoms with E-state index in [0.29, 0.717) is 16.9 Å². The summed E-state index contributed by atoms with van der Waals surface area (Å²) >= 11 is 0. The monoisotopic (exact) mass is 628 g/mol. The summed E-state index contributed by atoms with van der Waals surface area (Å²) in [6.07, 6.45) is 1.70. The highest BCUT2D eigenvalue weighted by molar-refractivity contribution is 6.71. The first-order valence-electron chi connectivity index (χ1n) is 15.0. The van der Waals surface area contributed by atoms with Gasteiger partial charge in [-0.2, -0.15) is 0 Å².